The van der Waals surface area contributed by atoms with Crippen LogP contribution in [0.1, 0.15) is 103 Å². The average Bonchev–Trinajstić information content (AvgIpc) is 2.61. The van der Waals surface area contributed by atoms with Gasteiger partial charge in [-0.3, -0.25) is 0 Å². The van der Waals surface area contributed by atoms with Gasteiger partial charge in [-0.2, -0.15) is 0 Å². The number of rotatable bonds is 4. The molecule has 0 amide bonds. The summed E-state index contributed by atoms with van der Waals surface area (Å²) in [6.07, 6.45) is 9.61. The summed E-state index contributed by atoms with van der Waals surface area (Å²) in [6, 6.07) is 0. The summed E-state index contributed by atoms with van der Waals surface area (Å²) >= 11 is 0. The molecule has 2 aliphatic rings. The van der Waals surface area contributed by atoms with Crippen LogP contribution in [0.25, 0.3) is 0 Å². The summed E-state index contributed by atoms with van der Waals surface area (Å²) in [5, 5.41) is 0. The summed E-state index contributed by atoms with van der Waals surface area (Å²) in [7, 11) is 0. The van der Waals surface area contributed by atoms with E-state index in [0.29, 0.717) is 35.5 Å². The maximum atomic E-state index is 12.2. The lowest BCUT2D eigenvalue weighted by molar-refractivity contribution is 0.180. The summed E-state index contributed by atoms with van der Waals surface area (Å²) in [6.45, 7) is 14.2. The van der Waals surface area contributed by atoms with Gasteiger partial charge in [0.1, 0.15) is 0 Å². The average molecular weight is 373 g/mol. The molecule has 6 atom stereocenters. The Morgan fingerprint density at radius 2 is 1.41 bits per heavy atom. The minimum absolute atomic E-state index is 0.167. The second kappa shape index (κ2) is 8.49. The molecule has 0 spiro atoms. The van der Waals surface area contributed by atoms with E-state index < -0.39 is 0 Å². The van der Waals surface area contributed by atoms with Crippen LogP contribution < -0.4 is 5.69 Å². The quantitative estimate of drug-likeness (QED) is 0.692. The molecule has 2 fully saturated rings. The maximum Gasteiger partial charge on any atom is 0.345 e. The van der Waals surface area contributed by atoms with Crippen LogP contribution in [0, 0.1) is 35.5 Å². The van der Waals surface area contributed by atoms with Crippen LogP contribution >= 0.6 is 0 Å². The van der Waals surface area contributed by atoms with Gasteiger partial charge in [0, 0.05) is 17.8 Å². The van der Waals surface area contributed by atoms with Crippen LogP contribution in [0.15, 0.2) is 11.0 Å². The Bertz CT molecular complexity index is 677. The Kier molecular flexibility index (Phi) is 6.48. The SMILES string of the molecule is CC1CCC(C(C)C)C(c2cnc(=O)[nH]c2C2CC(C)CCC2C(C)C)C1. The van der Waals surface area contributed by atoms with E-state index in [4.69, 9.17) is 0 Å². The highest BCUT2D eigenvalue weighted by molar-refractivity contribution is 5.27. The highest BCUT2D eigenvalue weighted by Crippen LogP contribution is 2.49. The minimum atomic E-state index is -0.167. The molecule has 0 saturated heterocycles. The molecule has 2 saturated carbocycles. The molecular formula is C24H40N2O. The van der Waals surface area contributed by atoms with Crippen molar-refractivity contribution in [1.29, 1.82) is 0 Å². The van der Waals surface area contributed by atoms with Crippen molar-refractivity contribution in [2.24, 2.45) is 35.5 Å². The normalized spacial score (nSPS) is 35.0. The van der Waals surface area contributed by atoms with Crippen molar-refractivity contribution in [1.82, 2.24) is 9.97 Å². The highest BCUT2D eigenvalue weighted by atomic mass is 16.1. The minimum Gasteiger partial charge on any atom is -0.309 e. The molecule has 2 aliphatic carbocycles. The lowest BCUT2D eigenvalue weighted by Crippen LogP contribution is -2.33. The predicted octanol–water partition coefficient (Wildman–Crippen LogP) is 6.12. The van der Waals surface area contributed by atoms with Crippen molar-refractivity contribution in [3.63, 3.8) is 0 Å². The molecule has 3 nitrogen and oxygen atoms in total. The second-order valence-corrected chi connectivity index (χ2v) is 10.4. The fourth-order valence-corrected chi connectivity index (χ4v) is 6.11. The molecule has 0 radical (unpaired) electrons. The summed E-state index contributed by atoms with van der Waals surface area (Å²) in [5.74, 6) is 5.20. The summed E-state index contributed by atoms with van der Waals surface area (Å²) in [5.41, 5.74) is 2.44. The number of aromatic amines is 1. The van der Waals surface area contributed by atoms with Gasteiger partial charge in [0.05, 0.1) is 0 Å². The Morgan fingerprint density at radius 3 is 1.96 bits per heavy atom. The Labute approximate surface area is 165 Å². The lowest BCUT2D eigenvalue weighted by atomic mass is 9.64. The summed E-state index contributed by atoms with van der Waals surface area (Å²) < 4.78 is 0. The highest BCUT2D eigenvalue weighted by Gasteiger charge is 2.38. The molecule has 0 bridgehead atoms. The van der Waals surface area contributed by atoms with Crippen LogP contribution in [-0.2, 0) is 0 Å². The molecule has 3 heteroatoms. The van der Waals surface area contributed by atoms with Crippen LogP contribution in [0.2, 0.25) is 0 Å². The lowest BCUT2D eigenvalue weighted by Gasteiger charge is -2.42. The largest absolute Gasteiger partial charge is 0.345 e. The molecule has 1 heterocycles. The van der Waals surface area contributed by atoms with E-state index in [1.807, 2.05) is 6.20 Å². The van der Waals surface area contributed by atoms with Crippen LogP contribution in [0.3, 0.4) is 0 Å². The standard InChI is InChI=1S/C24H40N2O/c1-14(2)18-9-7-16(5)11-20(18)22-13-25-24(27)26-23(22)21-12-17(6)8-10-19(21)15(3)4/h13-21H,7-12H2,1-6H3,(H,25,26,27). The number of hydrogen-bond donors (Lipinski definition) is 1. The number of aromatic nitrogens is 2. The summed E-state index contributed by atoms with van der Waals surface area (Å²) in [4.78, 5) is 19.7. The molecule has 0 aliphatic heterocycles. The van der Waals surface area contributed by atoms with Crippen LogP contribution in [0.4, 0.5) is 0 Å². The van der Waals surface area contributed by atoms with E-state index in [-0.39, 0.29) is 5.69 Å². The molecule has 6 unspecified atom stereocenters. The van der Waals surface area contributed by atoms with Gasteiger partial charge in [0.2, 0.25) is 0 Å². The van der Waals surface area contributed by atoms with Crippen molar-refractivity contribution in [2.45, 2.75) is 91.9 Å². The fraction of sp³-hybridized carbons (Fsp3) is 0.833. The molecule has 152 valence electrons. The monoisotopic (exact) mass is 372 g/mol. The zero-order valence-electron chi connectivity index (χ0n) is 18.3. The van der Waals surface area contributed by atoms with Gasteiger partial charge in [-0.1, -0.05) is 54.4 Å². The zero-order chi connectivity index (χ0) is 19.7. The van der Waals surface area contributed by atoms with Crippen molar-refractivity contribution in [3.05, 3.63) is 27.9 Å². The third-order valence-electron chi connectivity index (χ3n) is 7.69. The maximum absolute atomic E-state index is 12.2. The number of hydrogen-bond acceptors (Lipinski definition) is 2. The van der Waals surface area contributed by atoms with Gasteiger partial charge in [0.15, 0.2) is 0 Å². The molecule has 3 rings (SSSR count). The Morgan fingerprint density at radius 1 is 0.889 bits per heavy atom. The van der Waals surface area contributed by atoms with E-state index in [2.05, 4.69) is 51.5 Å². The third-order valence-corrected chi connectivity index (χ3v) is 7.69. The molecule has 1 aromatic heterocycles. The molecule has 0 aromatic carbocycles. The van der Waals surface area contributed by atoms with Crippen molar-refractivity contribution in [2.75, 3.05) is 0 Å². The second-order valence-electron chi connectivity index (χ2n) is 10.4. The van der Waals surface area contributed by atoms with Crippen molar-refractivity contribution < 1.29 is 0 Å². The van der Waals surface area contributed by atoms with Crippen LogP contribution in [-0.4, -0.2) is 9.97 Å². The van der Waals surface area contributed by atoms with Gasteiger partial charge in [-0.25, -0.2) is 9.78 Å². The number of nitrogens with one attached hydrogen (secondary N) is 1. The van der Waals surface area contributed by atoms with Crippen molar-refractivity contribution in [3.8, 4) is 0 Å². The molecule has 1 N–H and O–H groups in total. The fourth-order valence-electron chi connectivity index (χ4n) is 6.11. The van der Waals surface area contributed by atoms with E-state index in [9.17, 15) is 4.79 Å². The Balaban J connectivity index is 2.05. The van der Waals surface area contributed by atoms with Gasteiger partial charge in [0.25, 0.3) is 0 Å². The van der Waals surface area contributed by atoms with Gasteiger partial charge >= 0.3 is 5.69 Å². The first-order valence-corrected chi connectivity index (χ1v) is 11.4. The smallest absolute Gasteiger partial charge is 0.309 e. The number of nitrogens with zero attached hydrogens (tertiary/aromatic N) is 1. The van der Waals surface area contributed by atoms with E-state index >= 15 is 0 Å². The first kappa shape index (κ1) is 20.6. The van der Waals surface area contributed by atoms with Gasteiger partial charge in [-0.15, -0.1) is 0 Å². The zero-order valence-corrected chi connectivity index (χ0v) is 18.3. The molecule has 1 aromatic rings. The first-order chi connectivity index (χ1) is 12.8. The first-order valence-electron chi connectivity index (χ1n) is 11.4. The van der Waals surface area contributed by atoms with Crippen LogP contribution in [0.5, 0.6) is 0 Å². The third kappa shape index (κ3) is 4.49. The van der Waals surface area contributed by atoms with Gasteiger partial charge in [-0.05, 0) is 72.7 Å². The van der Waals surface area contributed by atoms with E-state index in [0.717, 1.165) is 11.8 Å². The molecular weight excluding hydrogens is 332 g/mol. The van der Waals surface area contributed by atoms with E-state index in [1.165, 1.54) is 49.8 Å². The molecule has 27 heavy (non-hydrogen) atoms. The van der Waals surface area contributed by atoms with E-state index in [1.54, 1.807) is 0 Å². The van der Waals surface area contributed by atoms with Crippen molar-refractivity contribution >= 4 is 0 Å². The topological polar surface area (TPSA) is 45.8 Å². The predicted molar refractivity (Wildman–Crippen MR) is 113 cm³/mol. The number of H-pyrrole nitrogens is 1. The Hall–Kier alpha value is -1.12. The van der Waals surface area contributed by atoms with Gasteiger partial charge < -0.3 is 4.98 Å².